The van der Waals surface area contributed by atoms with Gasteiger partial charge in [0.25, 0.3) is 0 Å². The van der Waals surface area contributed by atoms with E-state index >= 15 is 0 Å². The summed E-state index contributed by atoms with van der Waals surface area (Å²) >= 11 is 6.37. The second-order valence-corrected chi connectivity index (χ2v) is 6.64. The molecule has 0 heterocycles. The number of amides is 1. The molecule has 5 nitrogen and oxygen atoms in total. The molecule has 1 amide bonds. The number of hydrogen-bond donors (Lipinski definition) is 0. The third kappa shape index (κ3) is 4.03. The molecule has 0 aliphatic heterocycles. The van der Waals surface area contributed by atoms with Crippen LogP contribution in [0.1, 0.15) is 51.0 Å². The van der Waals surface area contributed by atoms with Gasteiger partial charge in [0.05, 0.1) is 13.0 Å². The molecule has 0 aromatic heterocycles. The number of nitrogens with zero attached hydrogens (tertiary/aromatic N) is 1. The Morgan fingerprint density at radius 3 is 2.60 bits per heavy atom. The lowest BCUT2D eigenvalue weighted by molar-refractivity contribution is -0.150. The van der Waals surface area contributed by atoms with Crippen molar-refractivity contribution in [3.8, 4) is 0 Å². The van der Waals surface area contributed by atoms with Crippen molar-refractivity contribution in [2.24, 2.45) is 0 Å². The van der Waals surface area contributed by atoms with E-state index in [1.54, 1.807) is 32.2 Å². The van der Waals surface area contributed by atoms with Crippen LogP contribution in [0.4, 0.5) is 0 Å². The lowest BCUT2D eigenvalue weighted by Crippen LogP contribution is -2.54. The van der Waals surface area contributed by atoms with Crippen LogP contribution in [0.25, 0.3) is 0 Å². The minimum absolute atomic E-state index is 0.00108. The summed E-state index contributed by atoms with van der Waals surface area (Å²) in [6.07, 6.45) is 2.62. The minimum Gasteiger partial charge on any atom is -0.466 e. The largest absolute Gasteiger partial charge is 0.466 e. The van der Waals surface area contributed by atoms with Gasteiger partial charge in [-0.05, 0) is 32.3 Å². The Hall–Kier alpha value is -1.88. The summed E-state index contributed by atoms with van der Waals surface area (Å²) in [4.78, 5) is 38.6. The van der Waals surface area contributed by atoms with Crippen LogP contribution in [-0.2, 0) is 24.7 Å². The lowest BCUT2D eigenvalue weighted by Gasteiger charge is -2.44. The predicted molar refractivity (Wildman–Crippen MR) is 95.2 cm³/mol. The fourth-order valence-corrected chi connectivity index (χ4v) is 3.74. The minimum atomic E-state index is -1.05. The summed E-state index contributed by atoms with van der Waals surface area (Å²) in [7, 11) is 1.63. The first-order chi connectivity index (χ1) is 11.9. The number of hydrogen-bond acceptors (Lipinski definition) is 4. The van der Waals surface area contributed by atoms with E-state index in [9.17, 15) is 14.4 Å². The van der Waals surface area contributed by atoms with Crippen LogP contribution in [-0.4, -0.2) is 36.2 Å². The molecule has 0 spiro atoms. The summed E-state index contributed by atoms with van der Waals surface area (Å²) in [5.74, 6) is -0.673. The average Bonchev–Trinajstić information content (AvgIpc) is 2.60. The van der Waals surface area contributed by atoms with E-state index in [-0.39, 0.29) is 31.1 Å². The number of Topliss-reactive ketones (excluding diaryl/α,β-unsaturated/α-hetero) is 1. The van der Waals surface area contributed by atoms with Crippen LogP contribution in [0, 0.1) is 0 Å². The quantitative estimate of drug-likeness (QED) is 0.724. The first-order valence-electron chi connectivity index (χ1n) is 8.64. The molecule has 6 heteroatoms. The number of benzene rings is 1. The van der Waals surface area contributed by atoms with Gasteiger partial charge >= 0.3 is 5.97 Å². The van der Waals surface area contributed by atoms with Gasteiger partial charge in [-0.3, -0.25) is 14.4 Å². The predicted octanol–water partition coefficient (Wildman–Crippen LogP) is 3.48. The monoisotopic (exact) mass is 365 g/mol. The fourth-order valence-electron chi connectivity index (χ4n) is 3.45. The summed E-state index contributed by atoms with van der Waals surface area (Å²) in [5.41, 5.74) is -0.393. The lowest BCUT2D eigenvalue weighted by atomic mass is 9.74. The zero-order valence-corrected chi connectivity index (χ0v) is 15.5. The summed E-state index contributed by atoms with van der Waals surface area (Å²) in [6.45, 7) is 2.00. The second-order valence-electron chi connectivity index (χ2n) is 6.23. The van der Waals surface area contributed by atoms with Crippen LogP contribution in [0.15, 0.2) is 24.3 Å². The first-order valence-corrected chi connectivity index (χ1v) is 9.02. The highest BCUT2D eigenvalue weighted by molar-refractivity contribution is 6.31. The molecule has 0 bridgehead atoms. The van der Waals surface area contributed by atoms with E-state index in [1.165, 1.54) is 4.90 Å². The number of ether oxygens (including phenoxy) is 1. The molecule has 1 aromatic carbocycles. The van der Waals surface area contributed by atoms with Crippen molar-refractivity contribution in [3.05, 3.63) is 34.9 Å². The molecule has 1 fully saturated rings. The van der Waals surface area contributed by atoms with Gasteiger partial charge in [0.15, 0.2) is 5.78 Å². The van der Waals surface area contributed by atoms with Gasteiger partial charge in [-0.1, -0.05) is 29.8 Å². The Balaban J connectivity index is 2.30. The molecule has 2 rings (SSSR count). The van der Waals surface area contributed by atoms with Gasteiger partial charge in [-0.15, -0.1) is 0 Å². The molecule has 136 valence electrons. The SMILES string of the molecule is CCOC(=O)CCC(=O)N(C)C1(c2ccccc2Cl)CCCCC1=O. The molecule has 1 aromatic rings. The Morgan fingerprint density at radius 1 is 1.24 bits per heavy atom. The number of likely N-dealkylation sites (N-methyl/N-ethyl adjacent to an activating group) is 1. The number of halogens is 1. The van der Waals surface area contributed by atoms with E-state index in [0.29, 0.717) is 23.4 Å². The van der Waals surface area contributed by atoms with E-state index in [1.807, 2.05) is 6.07 Å². The third-order valence-corrected chi connectivity index (χ3v) is 5.10. The normalized spacial score (nSPS) is 20.2. The van der Waals surface area contributed by atoms with Crippen LogP contribution in [0.3, 0.4) is 0 Å². The molecule has 1 aliphatic carbocycles. The molecule has 0 N–H and O–H groups in total. The highest BCUT2D eigenvalue weighted by Gasteiger charge is 2.47. The van der Waals surface area contributed by atoms with Gasteiger partial charge in [0, 0.05) is 30.5 Å². The molecular weight excluding hydrogens is 342 g/mol. The van der Waals surface area contributed by atoms with Crippen molar-refractivity contribution in [3.63, 3.8) is 0 Å². The maximum atomic E-state index is 12.9. The summed E-state index contributed by atoms with van der Waals surface area (Å²) in [5, 5.41) is 0.475. The standard InChI is InChI=1S/C19H24ClNO4/c1-3-25-18(24)12-11-17(23)21(2)19(13-7-6-10-16(19)22)14-8-4-5-9-15(14)20/h4-5,8-9H,3,6-7,10-13H2,1-2H3. The Labute approximate surface area is 153 Å². The van der Waals surface area contributed by atoms with Crippen LogP contribution in [0.5, 0.6) is 0 Å². The topological polar surface area (TPSA) is 63.7 Å². The van der Waals surface area contributed by atoms with E-state index in [4.69, 9.17) is 16.3 Å². The summed E-state index contributed by atoms with van der Waals surface area (Å²) < 4.78 is 4.87. The van der Waals surface area contributed by atoms with Gasteiger partial charge in [-0.2, -0.15) is 0 Å². The van der Waals surface area contributed by atoms with Crippen molar-refractivity contribution in [2.75, 3.05) is 13.7 Å². The fraction of sp³-hybridized carbons (Fsp3) is 0.526. The zero-order chi connectivity index (χ0) is 18.4. The second kappa shape index (κ2) is 8.48. The molecule has 0 saturated heterocycles. The van der Waals surface area contributed by atoms with Crippen LogP contribution in [0.2, 0.25) is 5.02 Å². The van der Waals surface area contributed by atoms with Crippen molar-refractivity contribution in [1.29, 1.82) is 0 Å². The molecule has 1 unspecified atom stereocenters. The molecule has 25 heavy (non-hydrogen) atoms. The smallest absolute Gasteiger partial charge is 0.306 e. The maximum Gasteiger partial charge on any atom is 0.306 e. The first kappa shape index (κ1) is 19.4. The highest BCUT2D eigenvalue weighted by atomic mass is 35.5. The van der Waals surface area contributed by atoms with E-state index < -0.39 is 11.5 Å². The number of esters is 1. The molecule has 1 atom stereocenters. The number of carbonyl (C=O) groups is 3. The van der Waals surface area contributed by atoms with Gasteiger partial charge in [0.2, 0.25) is 5.91 Å². The number of carbonyl (C=O) groups excluding carboxylic acids is 3. The van der Waals surface area contributed by atoms with Crippen LogP contribution < -0.4 is 0 Å². The average molecular weight is 366 g/mol. The zero-order valence-electron chi connectivity index (χ0n) is 14.7. The Morgan fingerprint density at radius 2 is 1.96 bits per heavy atom. The third-order valence-electron chi connectivity index (χ3n) is 4.77. The van der Waals surface area contributed by atoms with Crippen LogP contribution >= 0.6 is 11.6 Å². The summed E-state index contributed by atoms with van der Waals surface area (Å²) in [6, 6.07) is 7.16. The van der Waals surface area contributed by atoms with Crippen molar-refractivity contribution < 1.29 is 19.1 Å². The van der Waals surface area contributed by atoms with E-state index in [0.717, 1.165) is 12.8 Å². The molecule has 1 saturated carbocycles. The van der Waals surface area contributed by atoms with E-state index in [2.05, 4.69) is 0 Å². The molecule has 1 aliphatic rings. The number of rotatable bonds is 6. The Kier molecular flexibility index (Phi) is 6.59. The van der Waals surface area contributed by atoms with Crippen molar-refractivity contribution in [1.82, 2.24) is 4.90 Å². The van der Waals surface area contributed by atoms with Gasteiger partial charge in [-0.25, -0.2) is 0 Å². The highest BCUT2D eigenvalue weighted by Crippen LogP contribution is 2.42. The molecule has 0 radical (unpaired) electrons. The van der Waals surface area contributed by atoms with Gasteiger partial charge in [0.1, 0.15) is 5.54 Å². The number of ketones is 1. The Bertz CT molecular complexity index is 661. The van der Waals surface area contributed by atoms with Crippen molar-refractivity contribution in [2.45, 2.75) is 51.0 Å². The van der Waals surface area contributed by atoms with Gasteiger partial charge < -0.3 is 9.64 Å². The molecular formula is C19H24ClNO4. The van der Waals surface area contributed by atoms with Crippen molar-refractivity contribution >= 4 is 29.3 Å². The maximum absolute atomic E-state index is 12.9.